The van der Waals surface area contributed by atoms with Crippen LogP contribution in [0.15, 0.2) is 69.7 Å². The van der Waals surface area contributed by atoms with Crippen LogP contribution in [0.3, 0.4) is 0 Å². The molecule has 0 saturated heterocycles. The Hall–Kier alpha value is -2.41. The van der Waals surface area contributed by atoms with E-state index in [0.717, 1.165) is 21.9 Å². The Morgan fingerprint density at radius 1 is 1.29 bits per heavy atom. The lowest BCUT2D eigenvalue weighted by molar-refractivity contribution is -0.134. The second kappa shape index (κ2) is 8.31. The maximum absolute atomic E-state index is 13.0. The van der Waals surface area contributed by atoms with Gasteiger partial charge in [-0.1, -0.05) is 29.8 Å². The minimum Gasteiger partial charge on any atom is -0.467 e. The fraction of sp³-hybridized carbons (Fsp3) is 0.238. The number of hydrazone groups is 1. The van der Waals surface area contributed by atoms with Gasteiger partial charge < -0.3 is 4.42 Å². The first-order chi connectivity index (χ1) is 13.6. The molecule has 1 amide bonds. The van der Waals surface area contributed by atoms with Crippen LogP contribution in [0.5, 0.6) is 0 Å². The van der Waals surface area contributed by atoms with Crippen LogP contribution in [0.4, 0.5) is 0 Å². The molecule has 3 heterocycles. The largest absolute Gasteiger partial charge is 0.467 e. The van der Waals surface area contributed by atoms with Crippen molar-refractivity contribution in [1.82, 2.24) is 9.91 Å². The average molecular weight is 414 g/mol. The molecule has 5 nitrogen and oxygen atoms in total. The van der Waals surface area contributed by atoms with Crippen LogP contribution in [-0.4, -0.2) is 35.1 Å². The molecule has 0 N–H and O–H groups in total. The number of nitrogens with zero attached hydrogens (tertiary/aromatic N) is 3. The van der Waals surface area contributed by atoms with Gasteiger partial charge in [0.15, 0.2) is 0 Å². The summed E-state index contributed by atoms with van der Waals surface area (Å²) in [6, 6.07) is 15.2. The quantitative estimate of drug-likeness (QED) is 0.583. The van der Waals surface area contributed by atoms with E-state index in [9.17, 15) is 4.79 Å². The van der Waals surface area contributed by atoms with Gasteiger partial charge in [0, 0.05) is 18.0 Å². The number of thiophene rings is 1. The number of benzene rings is 1. The van der Waals surface area contributed by atoms with Crippen molar-refractivity contribution in [2.45, 2.75) is 19.0 Å². The van der Waals surface area contributed by atoms with Crippen molar-refractivity contribution in [2.24, 2.45) is 5.10 Å². The highest BCUT2D eigenvalue weighted by molar-refractivity contribution is 7.12. The molecule has 7 heteroatoms. The van der Waals surface area contributed by atoms with Gasteiger partial charge in [0.25, 0.3) is 5.91 Å². The van der Waals surface area contributed by atoms with Crippen LogP contribution in [0, 0.1) is 0 Å². The number of hydrogen-bond acceptors (Lipinski definition) is 5. The Balaban J connectivity index is 1.49. The Labute approximate surface area is 172 Å². The van der Waals surface area contributed by atoms with Crippen LogP contribution in [0.1, 0.15) is 28.7 Å². The molecule has 144 valence electrons. The normalized spacial score (nSPS) is 16.6. The number of likely N-dealkylation sites (N-methyl/N-ethyl adjacent to an activating group) is 1. The van der Waals surface area contributed by atoms with E-state index in [1.165, 1.54) is 0 Å². The number of carbonyl (C=O) groups is 1. The second-order valence-electron chi connectivity index (χ2n) is 6.80. The van der Waals surface area contributed by atoms with E-state index in [1.807, 2.05) is 65.9 Å². The summed E-state index contributed by atoms with van der Waals surface area (Å²) in [5.74, 6) is 0.702. The first kappa shape index (κ1) is 18.9. The molecule has 1 aliphatic rings. The van der Waals surface area contributed by atoms with E-state index in [0.29, 0.717) is 18.0 Å². The summed E-state index contributed by atoms with van der Waals surface area (Å²) in [5.41, 5.74) is 2.02. The van der Waals surface area contributed by atoms with Gasteiger partial charge in [-0.2, -0.15) is 5.10 Å². The Morgan fingerprint density at radius 3 is 2.79 bits per heavy atom. The summed E-state index contributed by atoms with van der Waals surface area (Å²) in [7, 11) is 1.92. The Kier molecular flexibility index (Phi) is 5.62. The number of amides is 1. The van der Waals surface area contributed by atoms with Crippen molar-refractivity contribution in [3.8, 4) is 0 Å². The molecule has 0 saturated carbocycles. The van der Waals surface area contributed by atoms with Crippen LogP contribution in [0.25, 0.3) is 0 Å². The summed E-state index contributed by atoms with van der Waals surface area (Å²) in [6.45, 7) is 0.921. The molecular weight excluding hydrogens is 394 g/mol. The maximum Gasteiger partial charge on any atom is 0.257 e. The number of halogens is 1. The molecule has 0 spiro atoms. The van der Waals surface area contributed by atoms with Crippen molar-refractivity contribution in [1.29, 1.82) is 0 Å². The highest BCUT2D eigenvalue weighted by Crippen LogP contribution is 2.34. The first-order valence-corrected chi connectivity index (χ1v) is 10.3. The number of furan rings is 1. The van der Waals surface area contributed by atoms with E-state index in [4.69, 9.17) is 16.0 Å². The monoisotopic (exact) mass is 413 g/mol. The summed E-state index contributed by atoms with van der Waals surface area (Å²) in [6.07, 6.45) is 2.29. The third kappa shape index (κ3) is 4.19. The highest BCUT2D eigenvalue weighted by Gasteiger charge is 2.35. The van der Waals surface area contributed by atoms with Crippen molar-refractivity contribution < 1.29 is 9.21 Å². The molecule has 0 aliphatic carbocycles. The maximum atomic E-state index is 13.0. The van der Waals surface area contributed by atoms with Crippen molar-refractivity contribution in [2.75, 3.05) is 13.6 Å². The lowest BCUT2D eigenvalue weighted by Gasteiger charge is -2.23. The molecule has 28 heavy (non-hydrogen) atoms. The molecule has 0 fully saturated rings. The second-order valence-corrected chi connectivity index (χ2v) is 8.18. The zero-order valence-corrected chi connectivity index (χ0v) is 17.0. The summed E-state index contributed by atoms with van der Waals surface area (Å²) in [4.78, 5) is 16.1. The lowest BCUT2D eigenvalue weighted by atomic mass is 10.1. The molecule has 4 rings (SSSR count). The predicted molar refractivity (Wildman–Crippen MR) is 112 cm³/mol. The van der Waals surface area contributed by atoms with Gasteiger partial charge in [-0.15, -0.1) is 11.3 Å². The van der Waals surface area contributed by atoms with Crippen LogP contribution in [-0.2, 0) is 11.3 Å². The molecule has 1 aromatic carbocycles. The number of hydrogen-bond donors (Lipinski definition) is 0. The van der Waals surface area contributed by atoms with Crippen molar-refractivity contribution in [3.05, 3.63) is 81.4 Å². The van der Waals surface area contributed by atoms with Crippen LogP contribution >= 0.6 is 22.9 Å². The first-order valence-electron chi connectivity index (χ1n) is 9.00. The van der Waals surface area contributed by atoms with Gasteiger partial charge in [0.1, 0.15) is 11.8 Å². The Bertz CT molecular complexity index is 952. The molecule has 1 atom stereocenters. The molecule has 0 bridgehead atoms. The van der Waals surface area contributed by atoms with Gasteiger partial charge >= 0.3 is 0 Å². The van der Waals surface area contributed by atoms with Gasteiger partial charge in [-0.3, -0.25) is 9.69 Å². The fourth-order valence-corrected chi connectivity index (χ4v) is 4.14. The van der Waals surface area contributed by atoms with E-state index in [2.05, 4.69) is 5.10 Å². The van der Waals surface area contributed by atoms with Crippen molar-refractivity contribution in [3.63, 3.8) is 0 Å². The molecule has 3 aromatic rings. The van der Waals surface area contributed by atoms with E-state index < -0.39 is 0 Å². The van der Waals surface area contributed by atoms with Gasteiger partial charge in [0.05, 0.1) is 23.4 Å². The fourth-order valence-electron chi connectivity index (χ4n) is 3.30. The molecule has 1 unspecified atom stereocenters. The molecule has 2 aromatic heterocycles. The number of rotatable bonds is 6. The molecule has 1 aliphatic heterocycles. The van der Waals surface area contributed by atoms with E-state index >= 15 is 0 Å². The molecule has 0 radical (unpaired) electrons. The SMILES string of the molecule is CN(CC(=O)N1N=C(c2cccs2)CC1c1ccco1)Cc1ccc(Cl)cc1. The van der Waals surface area contributed by atoms with Gasteiger partial charge in [0.2, 0.25) is 0 Å². The Morgan fingerprint density at radius 2 is 2.11 bits per heavy atom. The van der Waals surface area contributed by atoms with E-state index in [1.54, 1.807) is 22.6 Å². The minimum absolute atomic E-state index is 0.0515. The standard InChI is InChI=1S/C21H20ClN3O2S/c1-24(13-15-6-8-16(22)9-7-15)14-21(26)25-18(19-4-2-10-27-19)12-17(23-25)20-5-3-11-28-20/h2-11,18H,12-14H2,1H3. The summed E-state index contributed by atoms with van der Waals surface area (Å²) >= 11 is 7.57. The minimum atomic E-state index is -0.205. The smallest absolute Gasteiger partial charge is 0.257 e. The van der Waals surface area contributed by atoms with Crippen molar-refractivity contribution >= 4 is 34.6 Å². The summed E-state index contributed by atoms with van der Waals surface area (Å²) in [5, 5.41) is 8.94. The molecular formula is C21H20ClN3O2S. The van der Waals surface area contributed by atoms with Crippen LogP contribution < -0.4 is 0 Å². The average Bonchev–Trinajstić information content (AvgIpc) is 3.43. The summed E-state index contributed by atoms with van der Waals surface area (Å²) < 4.78 is 5.59. The number of carbonyl (C=O) groups excluding carboxylic acids is 1. The third-order valence-corrected chi connectivity index (χ3v) is 5.78. The zero-order chi connectivity index (χ0) is 19.5. The van der Waals surface area contributed by atoms with Gasteiger partial charge in [-0.25, -0.2) is 5.01 Å². The van der Waals surface area contributed by atoms with Gasteiger partial charge in [-0.05, 0) is 48.3 Å². The zero-order valence-electron chi connectivity index (χ0n) is 15.4. The topological polar surface area (TPSA) is 49.1 Å². The lowest BCUT2D eigenvalue weighted by Crippen LogP contribution is -2.36. The third-order valence-electron chi connectivity index (χ3n) is 4.61. The van der Waals surface area contributed by atoms with E-state index in [-0.39, 0.29) is 18.5 Å². The predicted octanol–water partition coefficient (Wildman–Crippen LogP) is 4.80. The highest BCUT2D eigenvalue weighted by atomic mass is 35.5. The van der Waals surface area contributed by atoms with Crippen LogP contribution in [0.2, 0.25) is 5.02 Å².